The lowest BCUT2D eigenvalue weighted by Gasteiger charge is -2.18. The van der Waals surface area contributed by atoms with Crippen LogP contribution in [-0.2, 0) is 19.6 Å². The lowest BCUT2D eigenvalue weighted by molar-refractivity contribution is -0.121. The molecule has 1 amide bonds. The molecule has 142 valence electrons. The number of carbonyl (C=O) groups excluding carboxylic acids is 2. The number of likely N-dealkylation sites (N-methyl/N-ethyl adjacent to an activating group) is 1. The van der Waals surface area contributed by atoms with Crippen LogP contribution in [0.4, 0.5) is 11.4 Å². The Morgan fingerprint density at radius 3 is 2.33 bits per heavy atom. The number of hydrogen-bond donors (Lipinski definition) is 0. The first-order valence-electron chi connectivity index (χ1n) is 8.48. The number of esters is 1. The van der Waals surface area contributed by atoms with Gasteiger partial charge in [0.2, 0.25) is 10.0 Å². The van der Waals surface area contributed by atoms with E-state index in [0.29, 0.717) is 24.3 Å². The molecule has 2 aromatic rings. The standard InChI is InChI=1S/C19H20N2O5S/c1-20(16-6-3-2-4-7-16)18(22)14-26-19(23)15-8-10-17(11-9-15)21-12-5-13-27(21,24)25/h2-4,6-11H,5,12-14H2,1H3. The highest BCUT2D eigenvalue weighted by atomic mass is 32.2. The lowest BCUT2D eigenvalue weighted by Crippen LogP contribution is -2.31. The molecule has 0 atom stereocenters. The minimum atomic E-state index is -3.26. The Bertz CT molecular complexity index is 926. The van der Waals surface area contributed by atoms with E-state index < -0.39 is 16.0 Å². The average Bonchev–Trinajstić information content (AvgIpc) is 3.05. The summed E-state index contributed by atoms with van der Waals surface area (Å²) in [6, 6.07) is 15.2. The molecular formula is C19H20N2O5S. The second-order valence-corrected chi connectivity index (χ2v) is 8.17. The molecule has 2 aromatic carbocycles. The van der Waals surface area contributed by atoms with Gasteiger partial charge in [-0.2, -0.15) is 0 Å². The van der Waals surface area contributed by atoms with Crippen LogP contribution < -0.4 is 9.21 Å². The normalized spacial score (nSPS) is 15.4. The zero-order chi connectivity index (χ0) is 19.4. The minimum absolute atomic E-state index is 0.133. The number of para-hydroxylation sites is 1. The molecule has 27 heavy (non-hydrogen) atoms. The van der Waals surface area contributed by atoms with Gasteiger partial charge in [0.05, 0.1) is 17.0 Å². The second kappa shape index (κ2) is 7.79. The fourth-order valence-corrected chi connectivity index (χ4v) is 4.36. The van der Waals surface area contributed by atoms with E-state index in [0.717, 1.165) is 0 Å². The quantitative estimate of drug-likeness (QED) is 0.732. The van der Waals surface area contributed by atoms with Crippen LogP contribution >= 0.6 is 0 Å². The molecule has 0 saturated carbocycles. The molecule has 0 aromatic heterocycles. The molecule has 0 radical (unpaired) electrons. The predicted molar refractivity (Wildman–Crippen MR) is 102 cm³/mol. The van der Waals surface area contributed by atoms with Crippen molar-refractivity contribution in [3.63, 3.8) is 0 Å². The van der Waals surface area contributed by atoms with Gasteiger partial charge in [-0.15, -0.1) is 0 Å². The third-order valence-electron chi connectivity index (χ3n) is 4.33. The van der Waals surface area contributed by atoms with Gasteiger partial charge in [-0.1, -0.05) is 18.2 Å². The van der Waals surface area contributed by atoms with Crippen molar-refractivity contribution in [2.45, 2.75) is 6.42 Å². The van der Waals surface area contributed by atoms with E-state index in [1.165, 1.54) is 21.3 Å². The summed E-state index contributed by atoms with van der Waals surface area (Å²) < 4.78 is 30.3. The Morgan fingerprint density at radius 2 is 1.74 bits per heavy atom. The minimum Gasteiger partial charge on any atom is -0.452 e. The van der Waals surface area contributed by atoms with Crippen LogP contribution in [0, 0.1) is 0 Å². The van der Waals surface area contributed by atoms with Gasteiger partial charge in [-0.05, 0) is 42.8 Å². The SMILES string of the molecule is CN(C(=O)COC(=O)c1ccc(N2CCCS2(=O)=O)cc1)c1ccccc1. The van der Waals surface area contributed by atoms with Gasteiger partial charge in [0.1, 0.15) is 0 Å². The summed E-state index contributed by atoms with van der Waals surface area (Å²) in [5.41, 5.74) is 1.48. The monoisotopic (exact) mass is 388 g/mol. The molecule has 1 fully saturated rings. The highest BCUT2D eigenvalue weighted by Crippen LogP contribution is 2.24. The van der Waals surface area contributed by atoms with Gasteiger partial charge in [0, 0.05) is 19.3 Å². The van der Waals surface area contributed by atoms with E-state index in [4.69, 9.17) is 4.74 Å². The third-order valence-corrected chi connectivity index (χ3v) is 6.20. The average molecular weight is 388 g/mol. The van der Waals surface area contributed by atoms with Gasteiger partial charge < -0.3 is 9.64 Å². The van der Waals surface area contributed by atoms with E-state index in [-0.39, 0.29) is 23.8 Å². The topological polar surface area (TPSA) is 84.0 Å². The van der Waals surface area contributed by atoms with E-state index >= 15 is 0 Å². The number of carbonyl (C=O) groups is 2. The van der Waals surface area contributed by atoms with Crippen molar-refractivity contribution < 1.29 is 22.7 Å². The number of ether oxygens (including phenoxy) is 1. The van der Waals surface area contributed by atoms with Crippen LogP contribution in [0.5, 0.6) is 0 Å². The van der Waals surface area contributed by atoms with Crippen molar-refractivity contribution in [3.8, 4) is 0 Å². The molecule has 0 bridgehead atoms. The molecule has 1 aliphatic heterocycles. The van der Waals surface area contributed by atoms with Crippen LogP contribution in [0.15, 0.2) is 54.6 Å². The zero-order valence-corrected chi connectivity index (χ0v) is 15.7. The number of benzene rings is 2. The molecule has 7 nitrogen and oxygen atoms in total. The van der Waals surface area contributed by atoms with Crippen molar-refractivity contribution in [1.29, 1.82) is 0 Å². The number of hydrogen-bond acceptors (Lipinski definition) is 5. The van der Waals surface area contributed by atoms with Gasteiger partial charge >= 0.3 is 5.97 Å². The molecule has 0 spiro atoms. The van der Waals surface area contributed by atoms with Crippen molar-refractivity contribution in [3.05, 3.63) is 60.2 Å². The Hall–Kier alpha value is -2.87. The largest absolute Gasteiger partial charge is 0.452 e. The van der Waals surface area contributed by atoms with Crippen molar-refractivity contribution in [2.75, 3.05) is 35.2 Å². The van der Waals surface area contributed by atoms with Crippen molar-refractivity contribution >= 4 is 33.3 Å². The maximum Gasteiger partial charge on any atom is 0.338 e. The highest BCUT2D eigenvalue weighted by molar-refractivity contribution is 7.93. The summed E-state index contributed by atoms with van der Waals surface area (Å²) in [4.78, 5) is 25.7. The van der Waals surface area contributed by atoms with Crippen molar-refractivity contribution in [1.82, 2.24) is 0 Å². The molecule has 1 heterocycles. The molecule has 1 aliphatic rings. The van der Waals surface area contributed by atoms with Gasteiger partial charge in [-0.3, -0.25) is 9.10 Å². The number of amides is 1. The summed E-state index contributed by atoms with van der Waals surface area (Å²) in [5.74, 6) is -0.858. The Labute approximate surface area is 158 Å². The van der Waals surface area contributed by atoms with Crippen LogP contribution in [0.1, 0.15) is 16.8 Å². The lowest BCUT2D eigenvalue weighted by atomic mass is 10.2. The first-order chi connectivity index (χ1) is 12.9. The molecule has 3 rings (SSSR count). The molecule has 1 saturated heterocycles. The molecule has 8 heteroatoms. The van der Waals surface area contributed by atoms with Gasteiger partial charge in [-0.25, -0.2) is 13.2 Å². The number of anilines is 2. The van der Waals surface area contributed by atoms with Crippen LogP contribution in [0.25, 0.3) is 0 Å². The van der Waals surface area contributed by atoms with E-state index in [1.54, 1.807) is 31.3 Å². The Balaban J connectivity index is 1.59. The fourth-order valence-electron chi connectivity index (χ4n) is 2.80. The Morgan fingerprint density at radius 1 is 1.07 bits per heavy atom. The number of sulfonamides is 1. The first kappa shape index (κ1) is 18.9. The van der Waals surface area contributed by atoms with Gasteiger partial charge in [0.15, 0.2) is 6.61 Å². The van der Waals surface area contributed by atoms with Gasteiger partial charge in [0.25, 0.3) is 5.91 Å². The maximum absolute atomic E-state index is 12.2. The van der Waals surface area contributed by atoms with Crippen molar-refractivity contribution in [2.24, 2.45) is 0 Å². The zero-order valence-electron chi connectivity index (χ0n) is 14.9. The summed E-state index contributed by atoms with van der Waals surface area (Å²) in [6.07, 6.45) is 0.586. The summed E-state index contributed by atoms with van der Waals surface area (Å²) in [5, 5.41) is 0. The van der Waals surface area contributed by atoms with Crippen LogP contribution in [0.2, 0.25) is 0 Å². The van der Waals surface area contributed by atoms with E-state index in [2.05, 4.69) is 0 Å². The molecular weight excluding hydrogens is 368 g/mol. The fraction of sp³-hybridized carbons (Fsp3) is 0.263. The number of rotatable bonds is 5. The second-order valence-electron chi connectivity index (χ2n) is 6.15. The van der Waals surface area contributed by atoms with E-state index in [1.807, 2.05) is 18.2 Å². The van der Waals surface area contributed by atoms with E-state index in [9.17, 15) is 18.0 Å². The molecule has 0 aliphatic carbocycles. The Kier molecular flexibility index (Phi) is 5.46. The third kappa shape index (κ3) is 4.28. The van der Waals surface area contributed by atoms with Crippen LogP contribution in [0.3, 0.4) is 0 Å². The summed E-state index contributed by atoms with van der Waals surface area (Å²) in [7, 11) is -1.66. The summed E-state index contributed by atoms with van der Waals surface area (Å²) >= 11 is 0. The predicted octanol–water partition coefficient (Wildman–Crippen LogP) is 2.05. The molecule has 0 N–H and O–H groups in total. The summed E-state index contributed by atoms with van der Waals surface area (Å²) in [6.45, 7) is 0.0545. The van der Waals surface area contributed by atoms with Crippen LogP contribution in [-0.4, -0.2) is 46.2 Å². The molecule has 0 unspecified atom stereocenters. The highest BCUT2D eigenvalue weighted by Gasteiger charge is 2.28. The first-order valence-corrected chi connectivity index (χ1v) is 10.1. The maximum atomic E-state index is 12.2. The smallest absolute Gasteiger partial charge is 0.338 e. The number of nitrogens with zero attached hydrogens (tertiary/aromatic N) is 2.